The highest BCUT2D eigenvalue weighted by Gasteiger charge is 2.33. The predicted molar refractivity (Wildman–Crippen MR) is 80.1 cm³/mol. The van der Waals surface area contributed by atoms with Crippen molar-refractivity contribution in [2.24, 2.45) is 0 Å². The number of benzene rings is 1. The summed E-state index contributed by atoms with van der Waals surface area (Å²) in [7, 11) is 4.66. The van der Waals surface area contributed by atoms with Crippen LogP contribution < -0.4 is 14.2 Å². The van der Waals surface area contributed by atoms with Crippen molar-refractivity contribution in [1.29, 1.82) is 0 Å². The predicted octanol–water partition coefficient (Wildman–Crippen LogP) is 1.28. The minimum Gasteiger partial charge on any atom is -0.493 e. The molecule has 0 saturated carbocycles. The molecule has 1 N–H and O–H groups in total. The van der Waals surface area contributed by atoms with Crippen molar-refractivity contribution in [3.63, 3.8) is 0 Å². The van der Waals surface area contributed by atoms with Crippen molar-refractivity contribution in [1.82, 2.24) is 4.90 Å². The van der Waals surface area contributed by atoms with Crippen LogP contribution in [0.2, 0.25) is 0 Å². The van der Waals surface area contributed by atoms with Crippen LogP contribution in [0.3, 0.4) is 0 Å². The van der Waals surface area contributed by atoms with Crippen LogP contribution in [0.1, 0.15) is 10.9 Å². The van der Waals surface area contributed by atoms with E-state index in [-0.39, 0.29) is 17.9 Å². The molecule has 0 aliphatic carbocycles. The van der Waals surface area contributed by atoms with Crippen molar-refractivity contribution in [3.05, 3.63) is 17.7 Å². The molecule has 2 rings (SSSR count). The summed E-state index contributed by atoms with van der Waals surface area (Å²) < 4.78 is 16.0. The number of aliphatic hydroxyl groups is 1. The maximum Gasteiger partial charge on any atom is 0.233 e. The van der Waals surface area contributed by atoms with E-state index in [4.69, 9.17) is 19.3 Å². The number of carbonyl (C=O) groups excluding carboxylic acids is 1. The lowest BCUT2D eigenvalue weighted by Gasteiger charge is -2.24. The molecule has 1 atom stereocenters. The molecule has 1 saturated heterocycles. The first kappa shape index (κ1) is 15.8. The number of hydrogen-bond donors (Lipinski definition) is 1. The number of β-amino-alcohol motifs (C(OH)–C–C–N with tert-alkyl or cyclic N) is 1. The van der Waals surface area contributed by atoms with Crippen LogP contribution in [0.25, 0.3) is 0 Å². The van der Waals surface area contributed by atoms with Crippen molar-refractivity contribution in [2.75, 3.05) is 40.2 Å². The van der Waals surface area contributed by atoms with Gasteiger partial charge in [0.25, 0.3) is 0 Å². The molecule has 0 spiro atoms. The molecule has 1 aliphatic heterocycles. The van der Waals surface area contributed by atoms with Crippen LogP contribution in [0.5, 0.6) is 17.2 Å². The number of rotatable bonds is 6. The van der Waals surface area contributed by atoms with Crippen LogP contribution in [-0.2, 0) is 4.79 Å². The Morgan fingerprint density at radius 2 is 1.86 bits per heavy atom. The van der Waals surface area contributed by atoms with E-state index in [1.54, 1.807) is 26.2 Å². The molecule has 1 aromatic rings. The van der Waals surface area contributed by atoms with Crippen LogP contribution in [0, 0.1) is 0 Å². The first-order valence-electron chi connectivity index (χ1n) is 6.48. The van der Waals surface area contributed by atoms with E-state index in [1.807, 2.05) is 12.1 Å². The van der Waals surface area contributed by atoms with Gasteiger partial charge in [0.1, 0.15) is 5.37 Å². The van der Waals surface area contributed by atoms with Crippen molar-refractivity contribution < 1.29 is 24.1 Å². The molecule has 0 bridgehead atoms. The van der Waals surface area contributed by atoms with E-state index in [0.717, 1.165) is 5.56 Å². The molecule has 7 heteroatoms. The first-order chi connectivity index (χ1) is 10.2. The van der Waals surface area contributed by atoms with E-state index in [1.165, 1.54) is 11.8 Å². The van der Waals surface area contributed by atoms with Crippen LogP contribution in [-0.4, -0.2) is 56.1 Å². The number of thioether (sulfide) groups is 1. The number of carbonyl (C=O) groups is 1. The van der Waals surface area contributed by atoms with Gasteiger partial charge in [-0.25, -0.2) is 0 Å². The lowest BCUT2D eigenvalue weighted by molar-refractivity contribution is -0.128. The van der Waals surface area contributed by atoms with Gasteiger partial charge in [-0.05, 0) is 17.7 Å². The molecular weight excluding hydrogens is 294 g/mol. The summed E-state index contributed by atoms with van der Waals surface area (Å²) >= 11 is 1.52. The minimum absolute atomic E-state index is 0.0211. The Bertz CT molecular complexity index is 497. The maximum atomic E-state index is 11.9. The molecule has 1 heterocycles. The van der Waals surface area contributed by atoms with Gasteiger partial charge in [-0.2, -0.15) is 0 Å². The van der Waals surface area contributed by atoms with E-state index in [9.17, 15) is 4.79 Å². The summed E-state index contributed by atoms with van der Waals surface area (Å²) in [5.74, 6) is 2.05. The Morgan fingerprint density at radius 3 is 2.33 bits per heavy atom. The highest BCUT2D eigenvalue weighted by molar-refractivity contribution is 8.00. The summed E-state index contributed by atoms with van der Waals surface area (Å²) in [6.45, 7) is 0.250. The first-order valence-corrected chi connectivity index (χ1v) is 7.53. The van der Waals surface area contributed by atoms with Gasteiger partial charge in [0, 0.05) is 6.54 Å². The summed E-state index contributed by atoms with van der Waals surface area (Å²) in [6.07, 6.45) is 0. The molecule has 1 fully saturated rings. The van der Waals surface area contributed by atoms with Gasteiger partial charge in [-0.3, -0.25) is 4.79 Å². The number of amides is 1. The average molecular weight is 313 g/mol. The Hall–Kier alpha value is -1.60. The van der Waals surface area contributed by atoms with Gasteiger partial charge >= 0.3 is 0 Å². The topological polar surface area (TPSA) is 68.2 Å². The Labute approximate surface area is 128 Å². The van der Waals surface area contributed by atoms with Gasteiger partial charge in [0.2, 0.25) is 11.7 Å². The molecule has 6 nitrogen and oxygen atoms in total. The molecule has 1 aliphatic rings. The molecule has 1 amide bonds. The molecule has 1 aromatic carbocycles. The monoisotopic (exact) mass is 313 g/mol. The van der Waals surface area contributed by atoms with Crippen molar-refractivity contribution in [2.45, 2.75) is 5.37 Å². The molecule has 21 heavy (non-hydrogen) atoms. The molecule has 0 aromatic heterocycles. The smallest absolute Gasteiger partial charge is 0.233 e. The number of aliphatic hydroxyl groups excluding tert-OH is 1. The van der Waals surface area contributed by atoms with Gasteiger partial charge in [0.15, 0.2) is 11.5 Å². The SMILES string of the molecule is COc1cc(C2SCC(=O)N2CCO)cc(OC)c1OC. The van der Waals surface area contributed by atoms with Crippen LogP contribution >= 0.6 is 11.8 Å². The summed E-state index contributed by atoms with van der Waals surface area (Å²) in [6, 6.07) is 3.67. The number of nitrogens with zero attached hydrogens (tertiary/aromatic N) is 1. The summed E-state index contributed by atoms with van der Waals surface area (Å²) in [5, 5.41) is 8.97. The summed E-state index contributed by atoms with van der Waals surface area (Å²) in [4.78, 5) is 13.5. The highest BCUT2D eigenvalue weighted by atomic mass is 32.2. The van der Waals surface area contributed by atoms with Crippen molar-refractivity contribution in [3.8, 4) is 17.2 Å². The van der Waals surface area contributed by atoms with Gasteiger partial charge in [-0.15, -0.1) is 11.8 Å². The average Bonchev–Trinajstić information content (AvgIpc) is 2.87. The molecule has 0 radical (unpaired) electrons. The third-order valence-electron chi connectivity index (χ3n) is 3.28. The quantitative estimate of drug-likeness (QED) is 0.853. The fourth-order valence-corrected chi connectivity index (χ4v) is 3.52. The standard InChI is InChI=1S/C14H19NO5S/c1-18-10-6-9(7-11(19-2)13(10)20-3)14-15(4-5-16)12(17)8-21-14/h6-7,14,16H,4-5,8H2,1-3H3. The maximum absolute atomic E-state index is 11.9. The highest BCUT2D eigenvalue weighted by Crippen LogP contribution is 2.45. The van der Waals surface area contributed by atoms with Crippen LogP contribution in [0.4, 0.5) is 0 Å². The second-order valence-electron chi connectivity index (χ2n) is 4.43. The molecular formula is C14H19NO5S. The fourth-order valence-electron chi connectivity index (χ4n) is 2.32. The second-order valence-corrected chi connectivity index (χ2v) is 5.50. The lowest BCUT2D eigenvalue weighted by Crippen LogP contribution is -2.30. The van der Waals surface area contributed by atoms with Gasteiger partial charge in [-0.1, -0.05) is 0 Å². The Balaban J connectivity index is 2.41. The van der Waals surface area contributed by atoms with Gasteiger partial charge < -0.3 is 24.2 Å². The fraction of sp³-hybridized carbons (Fsp3) is 0.500. The molecule has 1 unspecified atom stereocenters. The summed E-state index contributed by atoms with van der Waals surface area (Å²) in [5.41, 5.74) is 0.883. The zero-order chi connectivity index (χ0) is 15.4. The van der Waals surface area contributed by atoms with Crippen LogP contribution in [0.15, 0.2) is 12.1 Å². The lowest BCUT2D eigenvalue weighted by atomic mass is 10.1. The third-order valence-corrected chi connectivity index (χ3v) is 4.54. The Morgan fingerprint density at radius 1 is 1.24 bits per heavy atom. The normalized spacial score (nSPS) is 18.0. The third kappa shape index (κ3) is 3.03. The van der Waals surface area contributed by atoms with E-state index in [0.29, 0.717) is 29.5 Å². The van der Waals surface area contributed by atoms with Gasteiger partial charge in [0.05, 0.1) is 33.7 Å². The zero-order valence-corrected chi connectivity index (χ0v) is 13.1. The number of ether oxygens (including phenoxy) is 3. The van der Waals surface area contributed by atoms with E-state index < -0.39 is 0 Å². The van der Waals surface area contributed by atoms with Crippen molar-refractivity contribution >= 4 is 17.7 Å². The zero-order valence-electron chi connectivity index (χ0n) is 12.3. The Kier molecular flexibility index (Phi) is 5.19. The second kappa shape index (κ2) is 6.91. The van der Waals surface area contributed by atoms with E-state index >= 15 is 0 Å². The largest absolute Gasteiger partial charge is 0.493 e. The minimum atomic E-state index is -0.154. The molecule has 116 valence electrons. The number of methoxy groups -OCH3 is 3. The van der Waals surface area contributed by atoms with E-state index in [2.05, 4.69) is 0 Å². The number of hydrogen-bond acceptors (Lipinski definition) is 6.